The zero-order valence-electron chi connectivity index (χ0n) is 10.9. The van der Waals surface area contributed by atoms with E-state index in [0.29, 0.717) is 0 Å². The van der Waals surface area contributed by atoms with Gasteiger partial charge >= 0.3 is 0 Å². The summed E-state index contributed by atoms with van der Waals surface area (Å²) in [4.78, 5) is 0. The van der Waals surface area contributed by atoms with E-state index in [1.165, 1.54) is 0 Å². The molecule has 0 radical (unpaired) electrons. The molecule has 1 heterocycles. The van der Waals surface area contributed by atoms with Gasteiger partial charge in [-0.05, 0) is 19.4 Å². The van der Waals surface area contributed by atoms with Gasteiger partial charge in [0.25, 0.3) is 0 Å². The first-order valence-electron chi connectivity index (χ1n) is 5.97. The lowest BCUT2D eigenvalue weighted by molar-refractivity contribution is 0.373. The number of aryl methyl sites for hydroxylation is 1. The van der Waals surface area contributed by atoms with Gasteiger partial charge in [-0.25, -0.2) is 4.68 Å². The topological polar surface area (TPSA) is 39.1 Å². The molecule has 1 aromatic rings. The van der Waals surface area contributed by atoms with Crippen molar-refractivity contribution in [1.82, 2.24) is 15.1 Å². The van der Waals surface area contributed by atoms with Crippen LogP contribution in [0.5, 0.6) is 5.88 Å². The van der Waals surface area contributed by atoms with Crippen LogP contribution in [0.1, 0.15) is 37.9 Å². The van der Waals surface area contributed by atoms with Crippen molar-refractivity contribution in [3.05, 3.63) is 11.8 Å². The summed E-state index contributed by atoms with van der Waals surface area (Å²) in [6.07, 6.45) is 8.08. The molecule has 1 aromatic heterocycles. The van der Waals surface area contributed by atoms with Gasteiger partial charge < -0.3 is 10.1 Å². The smallest absolute Gasteiger partial charge is 0.211 e. The van der Waals surface area contributed by atoms with Crippen molar-refractivity contribution in [3.8, 4) is 18.2 Å². The summed E-state index contributed by atoms with van der Waals surface area (Å²) in [5.74, 6) is 3.44. The van der Waals surface area contributed by atoms with Crippen LogP contribution in [-0.4, -0.2) is 23.4 Å². The number of nitrogens with zero attached hydrogens (tertiary/aromatic N) is 2. The first-order chi connectivity index (χ1) is 8.22. The van der Waals surface area contributed by atoms with E-state index in [9.17, 15) is 0 Å². The number of nitrogens with one attached hydrogen (secondary N) is 1. The lowest BCUT2D eigenvalue weighted by atomic mass is 10.1. The Balaban J connectivity index is 2.71. The molecule has 4 heteroatoms. The molecule has 0 spiro atoms. The van der Waals surface area contributed by atoms with Crippen molar-refractivity contribution in [3.63, 3.8) is 0 Å². The molecule has 1 rings (SSSR count). The second-order valence-electron chi connectivity index (χ2n) is 3.94. The number of ether oxygens (including phenoxy) is 1. The van der Waals surface area contributed by atoms with E-state index >= 15 is 0 Å². The molecule has 0 saturated carbocycles. The highest BCUT2D eigenvalue weighted by Crippen LogP contribution is 2.22. The maximum absolute atomic E-state index is 5.27. The molecular formula is C13H21N3O. The van der Waals surface area contributed by atoms with Gasteiger partial charge in [-0.15, -0.1) is 12.3 Å². The van der Waals surface area contributed by atoms with Crippen LogP contribution in [-0.2, 0) is 7.05 Å². The van der Waals surface area contributed by atoms with Gasteiger partial charge in [0.2, 0.25) is 5.88 Å². The lowest BCUT2D eigenvalue weighted by Gasteiger charge is -2.14. The Labute approximate surface area is 103 Å². The molecule has 0 aliphatic carbocycles. The number of rotatable bonds is 7. The summed E-state index contributed by atoms with van der Waals surface area (Å²) >= 11 is 0. The Bertz CT molecular complexity index is 379. The monoisotopic (exact) mass is 235 g/mol. The highest BCUT2D eigenvalue weighted by molar-refractivity contribution is 5.18. The fourth-order valence-corrected chi connectivity index (χ4v) is 1.84. The van der Waals surface area contributed by atoms with E-state index in [1.54, 1.807) is 11.8 Å². The van der Waals surface area contributed by atoms with E-state index < -0.39 is 0 Å². The molecular weight excluding hydrogens is 214 g/mol. The van der Waals surface area contributed by atoms with Crippen molar-refractivity contribution >= 4 is 0 Å². The third kappa shape index (κ3) is 3.79. The van der Waals surface area contributed by atoms with Crippen LogP contribution in [0.25, 0.3) is 0 Å². The Morgan fingerprint density at radius 3 is 2.94 bits per heavy atom. The average molecular weight is 235 g/mol. The Morgan fingerprint density at radius 2 is 2.41 bits per heavy atom. The van der Waals surface area contributed by atoms with E-state index in [0.717, 1.165) is 37.4 Å². The minimum atomic E-state index is 0.253. The third-order valence-corrected chi connectivity index (χ3v) is 2.69. The zero-order chi connectivity index (χ0) is 12.7. The molecule has 0 aliphatic heterocycles. The van der Waals surface area contributed by atoms with Crippen molar-refractivity contribution < 1.29 is 4.74 Å². The summed E-state index contributed by atoms with van der Waals surface area (Å²) in [5.41, 5.74) is 1.02. The molecule has 1 atom stereocenters. The fourth-order valence-electron chi connectivity index (χ4n) is 1.84. The number of aromatic nitrogens is 2. The molecule has 0 amide bonds. The first kappa shape index (κ1) is 13.6. The number of hydrogen-bond acceptors (Lipinski definition) is 3. The third-order valence-electron chi connectivity index (χ3n) is 2.69. The number of terminal acetylenes is 1. The van der Waals surface area contributed by atoms with E-state index in [2.05, 4.69) is 23.3 Å². The quantitative estimate of drug-likeness (QED) is 0.579. The van der Waals surface area contributed by atoms with Gasteiger partial charge in [0.15, 0.2) is 0 Å². The summed E-state index contributed by atoms with van der Waals surface area (Å²) in [5, 5.41) is 7.88. The number of unbranched alkanes of at least 4 members (excludes halogenated alkanes) is 1. The van der Waals surface area contributed by atoms with Crippen LogP contribution in [0.15, 0.2) is 6.07 Å². The van der Waals surface area contributed by atoms with Crippen LogP contribution >= 0.6 is 0 Å². The zero-order valence-corrected chi connectivity index (χ0v) is 10.9. The highest BCUT2D eigenvalue weighted by atomic mass is 16.5. The maximum Gasteiger partial charge on any atom is 0.211 e. The second kappa shape index (κ2) is 6.97. The van der Waals surface area contributed by atoms with Crippen molar-refractivity contribution in [2.45, 2.75) is 32.2 Å². The summed E-state index contributed by atoms with van der Waals surface area (Å²) in [6.45, 7) is 3.01. The van der Waals surface area contributed by atoms with Gasteiger partial charge in [0, 0.05) is 19.5 Å². The molecule has 1 unspecified atom stereocenters. The number of hydrogen-bond donors (Lipinski definition) is 1. The van der Waals surface area contributed by atoms with Gasteiger partial charge in [0.05, 0.1) is 18.8 Å². The summed E-state index contributed by atoms with van der Waals surface area (Å²) in [6, 6.07) is 2.23. The molecule has 94 valence electrons. The predicted octanol–water partition coefficient (Wildman–Crippen LogP) is 1.88. The SMILES string of the molecule is C#CCCCC(NCC)c1cc(OC)n(C)n1. The molecule has 0 fully saturated rings. The molecule has 0 bridgehead atoms. The minimum Gasteiger partial charge on any atom is -0.481 e. The van der Waals surface area contributed by atoms with Crippen molar-refractivity contribution in [2.75, 3.05) is 13.7 Å². The van der Waals surface area contributed by atoms with E-state index in [1.807, 2.05) is 13.1 Å². The Morgan fingerprint density at radius 1 is 1.65 bits per heavy atom. The molecule has 0 aliphatic rings. The van der Waals surface area contributed by atoms with Gasteiger partial charge in [-0.1, -0.05) is 6.92 Å². The van der Waals surface area contributed by atoms with Gasteiger partial charge in [-0.3, -0.25) is 0 Å². The standard InChI is InChI=1S/C13H21N3O/c1-5-7-8-9-11(14-6-2)12-10-13(17-4)16(3)15-12/h1,10-11,14H,6-9H2,2-4H3. The summed E-state index contributed by atoms with van der Waals surface area (Å²) < 4.78 is 6.97. The van der Waals surface area contributed by atoms with Crippen LogP contribution in [0.3, 0.4) is 0 Å². The average Bonchev–Trinajstić information content (AvgIpc) is 2.69. The lowest BCUT2D eigenvalue weighted by Crippen LogP contribution is -2.21. The second-order valence-corrected chi connectivity index (χ2v) is 3.94. The molecule has 1 N–H and O–H groups in total. The normalized spacial score (nSPS) is 12.1. The predicted molar refractivity (Wildman–Crippen MR) is 68.9 cm³/mol. The number of methoxy groups -OCH3 is 1. The highest BCUT2D eigenvalue weighted by Gasteiger charge is 2.15. The van der Waals surface area contributed by atoms with E-state index in [4.69, 9.17) is 11.2 Å². The Hall–Kier alpha value is -1.47. The molecule has 0 saturated heterocycles. The minimum absolute atomic E-state index is 0.253. The maximum atomic E-state index is 5.27. The van der Waals surface area contributed by atoms with Crippen LogP contribution in [0.4, 0.5) is 0 Å². The molecule has 4 nitrogen and oxygen atoms in total. The molecule has 0 aromatic carbocycles. The summed E-state index contributed by atoms with van der Waals surface area (Å²) in [7, 11) is 3.54. The fraction of sp³-hybridized carbons (Fsp3) is 0.615. The Kier molecular flexibility index (Phi) is 5.58. The molecule has 17 heavy (non-hydrogen) atoms. The largest absolute Gasteiger partial charge is 0.481 e. The van der Waals surface area contributed by atoms with Crippen LogP contribution in [0.2, 0.25) is 0 Å². The van der Waals surface area contributed by atoms with Crippen molar-refractivity contribution in [2.24, 2.45) is 7.05 Å². The first-order valence-corrected chi connectivity index (χ1v) is 5.97. The van der Waals surface area contributed by atoms with Crippen molar-refractivity contribution in [1.29, 1.82) is 0 Å². The van der Waals surface area contributed by atoms with E-state index in [-0.39, 0.29) is 6.04 Å². The van der Waals surface area contributed by atoms with Crippen LogP contribution < -0.4 is 10.1 Å². The van der Waals surface area contributed by atoms with Gasteiger partial charge in [0.1, 0.15) is 0 Å². The van der Waals surface area contributed by atoms with Crippen LogP contribution in [0, 0.1) is 12.3 Å². The van der Waals surface area contributed by atoms with Gasteiger partial charge in [-0.2, -0.15) is 5.10 Å².